The van der Waals surface area contributed by atoms with Gasteiger partial charge in [0.05, 0.1) is 6.54 Å². The van der Waals surface area contributed by atoms with Gasteiger partial charge >= 0.3 is 0 Å². The molecule has 2 amide bonds. The van der Waals surface area contributed by atoms with E-state index in [0.29, 0.717) is 37.3 Å². The van der Waals surface area contributed by atoms with Gasteiger partial charge in [-0.15, -0.1) is 0 Å². The van der Waals surface area contributed by atoms with Crippen molar-refractivity contribution in [3.8, 4) is 0 Å². The van der Waals surface area contributed by atoms with Gasteiger partial charge in [0.15, 0.2) is 0 Å². The van der Waals surface area contributed by atoms with Crippen molar-refractivity contribution in [1.82, 2.24) is 10.2 Å². The molecular formula is C14H22N4O2. The molecule has 110 valence electrons. The van der Waals surface area contributed by atoms with Crippen molar-refractivity contribution >= 4 is 23.2 Å². The summed E-state index contributed by atoms with van der Waals surface area (Å²) in [6.45, 7) is 1.03. The molecule has 1 aromatic carbocycles. The molecule has 0 saturated carbocycles. The van der Waals surface area contributed by atoms with Crippen LogP contribution in [0.5, 0.6) is 0 Å². The minimum absolute atomic E-state index is 0.0308. The number of nitrogens with two attached hydrogens (primary N) is 1. The monoisotopic (exact) mass is 278 g/mol. The third-order valence-electron chi connectivity index (χ3n) is 2.81. The molecule has 6 nitrogen and oxygen atoms in total. The van der Waals surface area contributed by atoms with Crippen LogP contribution in [0.4, 0.5) is 11.4 Å². The number of nitrogen functional groups attached to an aromatic ring is 1. The molecule has 0 atom stereocenters. The molecule has 6 heteroatoms. The van der Waals surface area contributed by atoms with E-state index in [4.69, 9.17) is 5.73 Å². The number of benzene rings is 1. The number of hydrogen-bond donors (Lipinski definition) is 3. The number of carbonyl (C=O) groups is 2. The Bertz CT molecular complexity index is 462. The molecular weight excluding hydrogens is 256 g/mol. The zero-order valence-electron chi connectivity index (χ0n) is 12.0. The first-order valence-corrected chi connectivity index (χ1v) is 6.56. The average molecular weight is 278 g/mol. The standard InChI is InChI=1S/C14H22N4O2/c1-16-14(20)10-18(2)8-4-7-13(19)17-12-6-3-5-11(15)9-12/h3,5-6,9H,4,7-8,10,15H2,1-2H3,(H,16,20)(H,17,19). The van der Waals surface area contributed by atoms with Crippen molar-refractivity contribution in [3.63, 3.8) is 0 Å². The Hall–Kier alpha value is -2.08. The van der Waals surface area contributed by atoms with E-state index in [0.717, 1.165) is 0 Å². The van der Waals surface area contributed by atoms with Crippen LogP contribution in [0.3, 0.4) is 0 Å². The maximum absolute atomic E-state index is 11.7. The SMILES string of the molecule is CNC(=O)CN(C)CCCC(=O)Nc1cccc(N)c1. The number of anilines is 2. The van der Waals surface area contributed by atoms with Crippen LogP contribution in [0.1, 0.15) is 12.8 Å². The highest BCUT2D eigenvalue weighted by Crippen LogP contribution is 2.12. The van der Waals surface area contributed by atoms with E-state index >= 15 is 0 Å². The van der Waals surface area contributed by atoms with Gasteiger partial charge < -0.3 is 16.4 Å². The van der Waals surface area contributed by atoms with Crippen LogP contribution in [0.15, 0.2) is 24.3 Å². The molecule has 20 heavy (non-hydrogen) atoms. The molecule has 0 unspecified atom stereocenters. The molecule has 0 radical (unpaired) electrons. The van der Waals surface area contributed by atoms with Gasteiger partial charge in [0.25, 0.3) is 0 Å². The molecule has 0 bridgehead atoms. The van der Waals surface area contributed by atoms with E-state index in [-0.39, 0.29) is 11.8 Å². The Kier molecular flexibility index (Phi) is 6.52. The van der Waals surface area contributed by atoms with Crippen LogP contribution < -0.4 is 16.4 Å². The Labute approximate surface area is 119 Å². The molecule has 1 aromatic rings. The predicted molar refractivity (Wildman–Crippen MR) is 80.3 cm³/mol. The van der Waals surface area contributed by atoms with Crippen LogP contribution >= 0.6 is 0 Å². The lowest BCUT2D eigenvalue weighted by Crippen LogP contribution is -2.33. The van der Waals surface area contributed by atoms with Gasteiger partial charge in [0, 0.05) is 24.8 Å². The quantitative estimate of drug-likeness (QED) is 0.640. The number of nitrogens with zero attached hydrogens (tertiary/aromatic N) is 1. The number of hydrogen-bond acceptors (Lipinski definition) is 4. The molecule has 0 spiro atoms. The molecule has 0 aliphatic heterocycles. The fourth-order valence-corrected chi connectivity index (χ4v) is 1.75. The Morgan fingerprint density at radius 2 is 2.05 bits per heavy atom. The van der Waals surface area contributed by atoms with E-state index in [1.807, 2.05) is 11.9 Å². The maximum Gasteiger partial charge on any atom is 0.233 e. The highest BCUT2D eigenvalue weighted by atomic mass is 16.2. The number of nitrogens with one attached hydrogen (secondary N) is 2. The fourth-order valence-electron chi connectivity index (χ4n) is 1.75. The van der Waals surface area contributed by atoms with Crippen LogP contribution in [0, 0.1) is 0 Å². The maximum atomic E-state index is 11.7. The zero-order chi connectivity index (χ0) is 15.0. The van der Waals surface area contributed by atoms with Crippen molar-refractivity contribution in [2.45, 2.75) is 12.8 Å². The topological polar surface area (TPSA) is 87.5 Å². The van der Waals surface area contributed by atoms with Gasteiger partial charge in [0.1, 0.15) is 0 Å². The Balaban J connectivity index is 2.25. The second kappa shape index (κ2) is 8.16. The van der Waals surface area contributed by atoms with Gasteiger partial charge in [-0.3, -0.25) is 14.5 Å². The second-order valence-electron chi connectivity index (χ2n) is 4.69. The highest BCUT2D eigenvalue weighted by molar-refractivity contribution is 5.91. The molecule has 0 aliphatic carbocycles. The summed E-state index contributed by atoms with van der Waals surface area (Å²) in [6.07, 6.45) is 1.11. The van der Waals surface area contributed by atoms with E-state index in [1.165, 1.54) is 0 Å². The van der Waals surface area contributed by atoms with Gasteiger partial charge in [0.2, 0.25) is 11.8 Å². The minimum atomic E-state index is -0.0519. The summed E-state index contributed by atoms with van der Waals surface area (Å²) < 4.78 is 0. The summed E-state index contributed by atoms with van der Waals surface area (Å²) in [5.41, 5.74) is 6.96. The van der Waals surface area contributed by atoms with Gasteiger partial charge in [-0.25, -0.2) is 0 Å². The van der Waals surface area contributed by atoms with Gasteiger partial charge in [-0.1, -0.05) is 6.07 Å². The normalized spacial score (nSPS) is 10.3. The largest absolute Gasteiger partial charge is 0.399 e. The third-order valence-corrected chi connectivity index (χ3v) is 2.81. The van der Waals surface area contributed by atoms with Crippen LogP contribution in [0.2, 0.25) is 0 Å². The lowest BCUT2D eigenvalue weighted by molar-refractivity contribution is -0.121. The summed E-state index contributed by atoms with van der Waals surface area (Å²) >= 11 is 0. The average Bonchev–Trinajstić information content (AvgIpc) is 2.38. The number of likely N-dealkylation sites (N-methyl/N-ethyl adjacent to an activating group) is 2. The molecule has 0 heterocycles. The van der Waals surface area contributed by atoms with E-state index in [9.17, 15) is 9.59 Å². The molecule has 0 fully saturated rings. The second-order valence-corrected chi connectivity index (χ2v) is 4.69. The Morgan fingerprint density at radius 3 is 2.70 bits per heavy atom. The summed E-state index contributed by atoms with van der Waals surface area (Å²) in [7, 11) is 3.46. The van der Waals surface area contributed by atoms with Crippen molar-refractivity contribution in [1.29, 1.82) is 0 Å². The molecule has 0 aliphatic rings. The lowest BCUT2D eigenvalue weighted by Gasteiger charge is -2.15. The van der Waals surface area contributed by atoms with Crippen molar-refractivity contribution in [3.05, 3.63) is 24.3 Å². The van der Waals surface area contributed by atoms with Crippen molar-refractivity contribution in [2.75, 3.05) is 38.2 Å². The number of rotatable bonds is 7. The summed E-state index contributed by atoms with van der Waals surface area (Å²) in [6, 6.07) is 7.08. The van der Waals surface area contributed by atoms with Crippen LogP contribution in [-0.4, -0.2) is 43.9 Å². The molecule has 0 saturated heterocycles. The smallest absolute Gasteiger partial charge is 0.233 e. The van der Waals surface area contributed by atoms with Crippen LogP contribution in [-0.2, 0) is 9.59 Å². The van der Waals surface area contributed by atoms with Crippen molar-refractivity contribution < 1.29 is 9.59 Å². The van der Waals surface area contributed by atoms with E-state index in [1.54, 1.807) is 31.3 Å². The summed E-state index contributed by atoms with van der Waals surface area (Å²) in [5.74, 6) is -0.0827. The molecule has 4 N–H and O–H groups in total. The Morgan fingerprint density at radius 1 is 1.30 bits per heavy atom. The summed E-state index contributed by atoms with van der Waals surface area (Å²) in [5, 5.41) is 5.35. The van der Waals surface area contributed by atoms with E-state index < -0.39 is 0 Å². The van der Waals surface area contributed by atoms with Crippen LogP contribution in [0.25, 0.3) is 0 Å². The highest BCUT2D eigenvalue weighted by Gasteiger charge is 2.06. The zero-order valence-corrected chi connectivity index (χ0v) is 12.0. The summed E-state index contributed by atoms with van der Waals surface area (Å²) in [4.78, 5) is 24.8. The van der Waals surface area contributed by atoms with Crippen molar-refractivity contribution in [2.24, 2.45) is 0 Å². The third kappa shape index (κ3) is 6.19. The molecule has 1 rings (SSSR count). The predicted octanol–water partition coefficient (Wildman–Crippen LogP) is 0.665. The first kappa shape index (κ1) is 16.0. The minimum Gasteiger partial charge on any atom is -0.399 e. The van der Waals surface area contributed by atoms with Gasteiger partial charge in [-0.2, -0.15) is 0 Å². The van der Waals surface area contributed by atoms with Gasteiger partial charge in [-0.05, 0) is 38.2 Å². The first-order chi connectivity index (χ1) is 9.51. The number of carbonyl (C=O) groups excluding carboxylic acids is 2. The lowest BCUT2D eigenvalue weighted by atomic mass is 10.2. The number of amides is 2. The fraction of sp³-hybridized carbons (Fsp3) is 0.429. The van der Waals surface area contributed by atoms with E-state index in [2.05, 4.69) is 10.6 Å². The molecule has 0 aromatic heterocycles. The first-order valence-electron chi connectivity index (χ1n) is 6.56.